The number of anilines is 1. The highest BCUT2D eigenvalue weighted by atomic mass is 32.2. The van der Waals surface area contributed by atoms with Crippen LogP contribution in [0, 0.1) is 0 Å². The molecule has 0 saturated heterocycles. The molecule has 17 heavy (non-hydrogen) atoms. The zero-order valence-electron chi connectivity index (χ0n) is 8.62. The van der Waals surface area contributed by atoms with Crippen molar-refractivity contribution in [2.24, 2.45) is 21.6 Å². The van der Waals surface area contributed by atoms with Gasteiger partial charge in [0.25, 0.3) is 10.0 Å². The number of hydrogen-bond acceptors (Lipinski definition) is 4. The van der Waals surface area contributed by atoms with Crippen LogP contribution in [0.1, 0.15) is 10.4 Å². The highest BCUT2D eigenvalue weighted by Gasteiger charge is 2.17. The third-order valence-corrected chi connectivity index (χ3v) is 3.18. The number of nitrogens with zero attached hydrogens (tertiary/aromatic N) is 1. The lowest BCUT2D eigenvalue weighted by molar-refractivity contribution is 0.1000. The van der Waals surface area contributed by atoms with E-state index in [1.165, 1.54) is 6.07 Å². The summed E-state index contributed by atoms with van der Waals surface area (Å²) >= 11 is 0. The third kappa shape index (κ3) is 2.84. The van der Waals surface area contributed by atoms with E-state index >= 15 is 0 Å². The van der Waals surface area contributed by atoms with E-state index in [1.54, 1.807) is 0 Å². The fourth-order valence-electron chi connectivity index (χ4n) is 1.12. The molecule has 0 aliphatic carbocycles. The van der Waals surface area contributed by atoms with Gasteiger partial charge in [-0.2, -0.15) is 8.42 Å². The van der Waals surface area contributed by atoms with Gasteiger partial charge in [0, 0.05) is 5.56 Å². The van der Waals surface area contributed by atoms with Gasteiger partial charge in [-0.1, -0.05) is 0 Å². The number of rotatable bonds is 3. The van der Waals surface area contributed by atoms with Crippen LogP contribution in [-0.2, 0) is 10.0 Å². The van der Waals surface area contributed by atoms with Crippen molar-refractivity contribution in [2.75, 3.05) is 5.73 Å². The van der Waals surface area contributed by atoms with Gasteiger partial charge in [-0.05, 0) is 18.2 Å². The number of nitrogen functional groups attached to an aromatic ring is 1. The number of nitrogens with two attached hydrogens (primary N) is 4. The van der Waals surface area contributed by atoms with Gasteiger partial charge < -0.3 is 22.9 Å². The Hall–Kier alpha value is -2.29. The van der Waals surface area contributed by atoms with Crippen molar-refractivity contribution in [2.45, 2.75) is 4.90 Å². The van der Waals surface area contributed by atoms with Gasteiger partial charge in [-0.15, -0.1) is 4.40 Å². The molecule has 0 aliphatic rings. The predicted molar refractivity (Wildman–Crippen MR) is 62.4 cm³/mol. The molecule has 0 saturated carbocycles. The second-order valence-corrected chi connectivity index (χ2v) is 4.68. The Morgan fingerprint density at radius 3 is 2.18 bits per heavy atom. The number of carbonyl (C=O) groups excluding carboxylic acids is 1. The summed E-state index contributed by atoms with van der Waals surface area (Å²) < 4.78 is 26.3. The molecule has 1 amide bonds. The Bertz CT molecular complexity index is 589. The molecule has 0 unspecified atom stereocenters. The standard InChI is InChI=1S/C8H11N5O3S/c9-5-3-4(7(10)14)1-2-6(5)17(15,16)13-8(11)12/h1-3H,9H2,(H2,10,14)(H4,11,12,13). The quantitative estimate of drug-likeness (QED) is 0.287. The number of guanidine groups is 1. The number of sulfonamides is 1. The van der Waals surface area contributed by atoms with Crippen LogP contribution in [0.3, 0.4) is 0 Å². The van der Waals surface area contributed by atoms with E-state index in [-0.39, 0.29) is 16.1 Å². The maximum Gasteiger partial charge on any atom is 0.287 e. The first-order valence-electron chi connectivity index (χ1n) is 4.29. The Balaban J connectivity index is 3.36. The first-order valence-corrected chi connectivity index (χ1v) is 5.73. The molecule has 92 valence electrons. The summed E-state index contributed by atoms with van der Waals surface area (Å²) in [6.07, 6.45) is 0. The average molecular weight is 257 g/mol. The Morgan fingerprint density at radius 1 is 1.18 bits per heavy atom. The largest absolute Gasteiger partial charge is 0.398 e. The van der Waals surface area contributed by atoms with E-state index in [2.05, 4.69) is 4.40 Å². The number of amides is 1. The third-order valence-electron chi connectivity index (χ3n) is 1.80. The van der Waals surface area contributed by atoms with E-state index in [1.807, 2.05) is 0 Å². The molecule has 0 bridgehead atoms. The number of benzene rings is 1. The number of primary amides is 1. The van der Waals surface area contributed by atoms with Crippen LogP contribution >= 0.6 is 0 Å². The highest BCUT2D eigenvalue weighted by Crippen LogP contribution is 2.21. The van der Waals surface area contributed by atoms with E-state index in [9.17, 15) is 13.2 Å². The second-order valence-electron chi connectivity index (χ2n) is 3.11. The number of hydrogen-bond donors (Lipinski definition) is 4. The average Bonchev–Trinajstić information content (AvgIpc) is 2.14. The summed E-state index contributed by atoms with van der Waals surface area (Å²) in [5.41, 5.74) is 20.4. The van der Waals surface area contributed by atoms with E-state index < -0.39 is 21.9 Å². The molecule has 1 aromatic carbocycles. The van der Waals surface area contributed by atoms with Crippen molar-refractivity contribution in [1.29, 1.82) is 0 Å². The summed E-state index contributed by atoms with van der Waals surface area (Å²) in [7, 11) is -4.07. The molecular weight excluding hydrogens is 246 g/mol. The Labute approximate surface area is 97.3 Å². The fourth-order valence-corrected chi connectivity index (χ4v) is 2.10. The molecule has 0 fully saturated rings. The van der Waals surface area contributed by atoms with Crippen molar-refractivity contribution < 1.29 is 13.2 Å². The zero-order chi connectivity index (χ0) is 13.2. The molecule has 1 rings (SSSR count). The Morgan fingerprint density at radius 2 is 1.76 bits per heavy atom. The molecule has 8 N–H and O–H groups in total. The summed E-state index contributed by atoms with van der Waals surface area (Å²) in [6.45, 7) is 0. The van der Waals surface area contributed by atoms with Gasteiger partial charge >= 0.3 is 0 Å². The molecule has 8 nitrogen and oxygen atoms in total. The first kappa shape index (κ1) is 12.8. The summed E-state index contributed by atoms with van der Waals surface area (Å²) in [5, 5.41) is 0. The Kier molecular flexibility index (Phi) is 3.23. The van der Waals surface area contributed by atoms with E-state index in [4.69, 9.17) is 22.9 Å². The normalized spacial score (nSPS) is 10.8. The van der Waals surface area contributed by atoms with Crippen LogP contribution < -0.4 is 22.9 Å². The van der Waals surface area contributed by atoms with Crippen LogP contribution in [-0.4, -0.2) is 20.3 Å². The van der Waals surface area contributed by atoms with Gasteiger partial charge in [0.15, 0.2) is 0 Å². The lowest BCUT2D eigenvalue weighted by atomic mass is 10.2. The molecular formula is C8H11N5O3S. The van der Waals surface area contributed by atoms with Crippen LogP contribution in [0.4, 0.5) is 5.69 Å². The molecule has 0 radical (unpaired) electrons. The molecule has 0 spiro atoms. The van der Waals surface area contributed by atoms with Gasteiger partial charge in [0.05, 0.1) is 5.69 Å². The van der Waals surface area contributed by atoms with Crippen molar-refractivity contribution in [1.82, 2.24) is 0 Å². The minimum atomic E-state index is -4.07. The number of carbonyl (C=O) groups is 1. The molecule has 0 atom stereocenters. The van der Waals surface area contributed by atoms with Gasteiger partial charge in [0.2, 0.25) is 11.9 Å². The minimum Gasteiger partial charge on any atom is -0.398 e. The first-order chi connectivity index (χ1) is 7.74. The monoisotopic (exact) mass is 257 g/mol. The topological polar surface area (TPSA) is 168 Å². The minimum absolute atomic E-state index is 0.0890. The van der Waals surface area contributed by atoms with Gasteiger partial charge in [0.1, 0.15) is 4.90 Å². The lowest BCUT2D eigenvalue weighted by Gasteiger charge is -2.04. The smallest absolute Gasteiger partial charge is 0.287 e. The molecule has 9 heteroatoms. The van der Waals surface area contributed by atoms with Crippen molar-refractivity contribution in [3.8, 4) is 0 Å². The van der Waals surface area contributed by atoms with Gasteiger partial charge in [-0.3, -0.25) is 4.79 Å². The van der Waals surface area contributed by atoms with Crippen LogP contribution in [0.15, 0.2) is 27.5 Å². The maximum absolute atomic E-state index is 11.6. The molecule has 0 aliphatic heterocycles. The molecule has 1 aromatic rings. The van der Waals surface area contributed by atoms with Crippen LogP contribution in [0.5, 0.6) is 0 Å². The zero-order valence-corrected chi connectivity index (χ0v) is 9.44. The lowest BCUT2D eigenvalue weighted by Crippen LogP contribution is -2.24. The summed E-state index contributed by atoms with van der Waals surface area (Å²) in [5.74, 6) is -1.33. The van der Waals surface area contributed by atoms with E-state index in [0.29, 0.717) is 0 Å². The summed E-state index contributed by atoms with van der Waals surface area (Å²) in [6, 6.07) is 3.46. The SMILES string of the molecule is NC(=O)c1ccc(S(=O)(=O)N=C(N)N)c(N)c1. The maximum atomic E-state index is 11.6. The van der Waals surface area contributed by atoms with Crippen LogP contribution in [0.2, 0.25) is 0 Å². The van der Waals surface area contributed by atoms with Crippen molar-refractivity contribution in [3.63, 3.8) is 0 Å². The highest BCUT2D eigenvalue weighted by molar-refractivity contribution is 7.90. The van der Waals surface area contributed by atoms with Gasteiger partial charge in [-0.25, -0.2) is 0 Å². The van der Waals surface area contributed by atoms with E-state index in [0.717, 1.165) is 12.1 Å². The molecule has 0 aromatic heterocycles. The molecule has 0 heterocycles. The second kappa shape index (κ2) is 4.29. The predicted octanol–water partition coefficient (Wildman–Crippen LogP) is -1.67. The van der Waals surface area contributed by atoms with Crippen molar-refractivity contribution >= 4 is 27.6 Å². The fraction of sp³-hybridized carbons (Fsp3) is 0. The van der Waals surface area contributed by atoms with Crippen molar-refractivity contribution in [3.05, 3.63) is 23.8 Å². The summed E-state index contributed by atoms with van der Waals surface area (Å²) in [4.78, 5) is 10.5. The van der Waals surface area contributed by atoms with Crippen LogP contribution in [0.25, 0.3) is 0 Å².